The zero-order valence-corrected chi connectivity index (χ0v) is 16.4. The fourth-order valence-corrected chi connectivity index (χ4v) is 4.19. The van der Waals surface area contributed by atoms with Crippen LogP contribution in [0.1, 0.15) is 0 Å². The van der Waals surface area contributed by atoms with Crippen molar-refractivity contribution in [3.63, 3.8) is 0 Å². The normalized spacial score (nSPS) is 16.4. The van der Waals surface area contributed by atoms with Crippen molar-refractivity contribution in [2.75, 3.05) is 45.5 Å². The molecule has 0 amide bonds. The van der Waals surface area contributed by atoms with Gasteiger partial charge in [0, 0.05) is 61.3 Å². The van der Waals surface area contributed by atoms with Crippen molar-refractivity contribution < 1.29 is 0 Å². The summed E-state index contributed by atoms with van der Waals surface area (Å²) in [4.78, 5) is 14.1. The van der Waals surface area contributed by atoms with Crippen LogP contribution in [0, 0.1) is 0 Å². The quantitative estimate of drug-likeness (QED) is 0.495. The third-order valence-electron chi connectivity index (χ3n) is 4.75. The van der Waals surface area contributed by atoms with Crippen LogP contribution in [0.3, 0.4) is 0 Å². The van der Waals surface area contributed by atoms with Crippen molar-refractivity contribution in [1.82, 2.24) is 24.3 Å². The maximum Gasteiger partial charge on any atom is 0.189 e. The van der Waals surface area contributed by atoms with Gasteiger partial charge >= 0.3 is 0 Å². The van der Waals surface area contributed by atoms with Crippen LogP contribution in [0.25, 0.3) is 16.7 Å². The summed E-state index contributed by atoms with van der Waals surface area (Å²) in [6.07, 6.45) is 3.87. The van der Waals surface area contributed by atoms with Crippen LogP contribution in [0.5, 0.6) is 0 Å². The third-order valence-corrected chi connectivity index (χ3v) is 5.83. The molecular formula is C19H22ClN5S. The molecule has 7 heteroatoms. The Morgan fingerprint density at radius 1 is 1.12 bits per heavy atom. The second-order valence-electron chi connectivity index (χ2n) is 6.58. The molecule has 5 nitrogen and oxygen atoms in total. The lowest BCUT2D eigenvalue weighted by Crippen LogP contribution is -2.45. The molecule has 1 aliphatic rings. The van der Waals surface area contributed by atoms with Gasteiger partial charge < -0.3 is 9.47 Å². The number of halogens is 1. The van der Waals surface area contributed by atoms with Crippen molar-refractivity contribution in [3.05, 3.63) is 47.7 Å². The average Bonchev–Trinajstić information content (AvgIpc) is 3.07. The topological polar surface area (TPSA) is 37.2 Å². The molecule has 2 aromatic heterocycles. The first-order valence-electron chi connectivity index (χ1n) is 8.83. The Balaban J connectivity index is 1.43. The zero-order valence-electron chi connectivity index (χ0n) is 14.8. The summed E-state index contributed by atoms with van der Waals surface area (Å²) in [5, 5.41) is 2.69. The molecule has 1 saturated heterocycles. The predicted molar refractivity (Wildman–Crippen MR) is 109 cm³/mol. The first kappa shape index (κ1) is 17.8. The summed E-state index contributed by atoms with van der Waals surface area (Å²) in [6.45, 7) is 5.69. The number of nitrogens with zero attached hydrogens (tertiary/aromatic N) is 5. The van der Waals surface area contributed by atoms with Gasteiger partial charge in [0.05, 0.1) is 5.52 Å². The second kappa shape index (κ2) is 7.96. The van der Waals surface area contributed by atoms with Crippen LogP contribution in [0.4, 0.5) is 0 Å². The summed E-state index contributed by atoms with van der Waals surface area (Å²) in [7, 11) is 2.18. The van der Waals surface area contributed by atoms with Gasteiger partial charge in [0.2, 0.25) is 0 Å². The molecule has 0 aliphatic carbocycles. The van der Waals surface area contributed by atoms with Crippen LogP contribution in [-0.2, 0) is 0 Å². The van der Waals surface area contributed by atoms with Gasteiger partial charge in [-0.25, -0.2) is 9.97 Å². The number of fused-ring (bicyclic) bond motifs is 1. The molecule has 0 bridgehead atoms. The fourth-order valence-electron chi connectivity index (χ4n) is 3.19. The molecule has 1 fully saturated rings. The van der Waals surface area contributed by atoms with E-state index >= 15 is 0 Å². The zero-order chi connectivity index (χ0) is 17.9. The van der Waals surface area contributed by atoms with E-state index in [9.17, 15) is 0 Å². The number of aromatic nitrogens is 3. The molecule has 3 aromatic rings. The monoisotopic (exact) mass is 387 g/mol. The maximum absolute atomic E-state index is 6.08. The fraction of sp³-hybridized carbons (Fsp3) is 0.368. The van der Waals surface area contributed by atoms with E-state index in [1.807, 2.05) is 36.7 Å². The van der Waals surface area contributed by atoms with E-state index < -0.39 is 0 Å². The number of thioether (sulfide) groups is 1. The van der Waals surface area contributed by atoms with Gasteiger partial charge in [-0.05, 0) is 37.4 Å². The molecule has 136 valence electrons. The number of piperazine rings is 1. The van der Waals surface area contributed by atoms with E-state index in [2.05, 4.69) is 32.5 Å². The summed E-state index contributed by atoms with van der Waals surface area (Å²) in [5.41, 5.74) is 1.10. The van der Waals surface area contributed by atoms with Crippen molar-refractivity contribution in [2.24, 2.45) is 0 Å². The molecule has 0 atom stereocenters. The van der Waals surface area contributed by atoms with Gasteiger partial charge in [-0.2, -0.15) is 0 Å². The van der Waals surface area contributed by atoms with E-state index in [4.69, 9.17) is 16.6 Å². The molecule has 0 radical (unpaired) electrons. The second-order valence-corrected chi connectivity index (χ2v) is 8.08. The highest BCUT2D eigenvalue weighted by molar-refractivity contribution is 7.99. The van der Waals surface area contributed by atoms with Gasteiger partial charge in [0.15, 0.2) is 5.16 Å². The Hall–Kier alpha value is -1.60. The number of benzene rings is 1. The van der Waals surface area contributed by atoms with Crippen molar-refractivity contribution in [1.29, 1.82) is 0 Å². The minimum Gasteiger partial charge on any atom is -0.304 e. The predicted octanol–water partition coefficient (Wildman–Crippen LogP) is 3.41. The molecule has 0 spiro atoms. The van der Waals surface area contributed by atoms with Gasteiger partial charge in [0.1, 0.15) is 5.82 Å². The Labute approximate surface area is 163 Å². The Morgan fingerprint density at radius 2 is 1.96 bits per heavy atom. The lowest BCUT2D eigenvalue weighted by Gasteiger charge is -2.32. The molecule has 0 saturated carbocycles. The minimum absolute atomic E-state index is 0.748. The first-order chi connectivity index (χ1) is 12.7. The van der Waals surface area contributed by atoms with Crippen LogP contribution < -0.4 is 0 Å². The minimum atomic E-state index is 0.748. The van der Waals surface area contributed by atoms with Crippen molar-refractivity contribution in [3.8, 4) is 5.82 Å². The Kier molecular flexibility index (Phi) is 5.45. The summed E-state index contributed by atoms with van der Waals surface area (Å²) < 4.78 is 2.08. The van der Waals surface area contributed by atoms with E-state index in [1.54, 1.807) is 11.8 Å². The maximum atomic E-state index is 6.08. The molecule has 1 aliphatic heterocycles. The summed E-state index contributed by atoms with van der Waals surface area (Å²) in [6, 6.07) is 9.91. The number of hydrogen-bond donors (Lipinski definition) is 0. The highest BCUT2D eigenvalue weighted by Crippen LogP contribution is 2.23. The SMILES string of the molecule is CN1CCN(CCSc2nccc(-n3ccc4cc(Cl)ccc43)n2)CC1. The number of hydrogen-bond acceptors (Lipinski definition) is 5. The van der Waals surface area contributed by atoms with Gasteiger partial charge in [-0.15, -0.1) is 0 Å². The van der Waals surface area contributed by atoms with Gasteiger partial charge in [-0.3, -0.25) is 4.90 Å². The van der Waals surface area contributed by atoms with Crippen molar-refractivity contribution in [2.45, 2.75) is 5.16 Å². The van der Waals surface area contributed by atoms with Gasteiger partial charge in [-0.1, -0.05) is 23.4 Å². The molecular weight excluding hydrogens is 366 g/mol. The smallest absolute Gasteiger partial charge is 0.189 e. The van der Waals surface area contributed by atoms with E-state index in [-0.39, 0.29) is 0 Å². The van der Waals surface area contributed by atoms with E-state index in [0.29, 0.717) is 0 Å². The lowest BCUT2D eigenvalue weighted by molar-refractivity contribution is 0.161. The third kappa shape index (κ3) is 4.04. The summed E-state index contributed by atoms with van der Waals surface area (Å²) >= 11 is 7.81. The van der Waals surface area contributed by atoms with Crippen LogP contribution in [-0.4, -0.2) is 69.9 Å². The first-order valence-corrected chi connectivity index (χ1v) is 10.2. The molecule has 4 rings (SSSR count). The lowest BCUT2D eigenvalue weighted by atomic mass is 10.2. The summed E-state index contributed by atoms with van der Waals surface area (Å²) in [5.74, 6) is 1.90. The Bertz CT molecular complexity index is 889. The highest BCUT2D eigenvalue weighted by Gasteiger charge is 2.13. The van der Waals surface area contributed by atoms with E-state index in [0.717, 1.165) is 65.4 Å². The molecule has 0 N–H and O–H groups in total. The highest BCUT2D eigenvalue weighted by atomic mass is 35.5. The average molecular weight is 388 g/mol. The van der Waals surface area contributed by atoms with E-state index in [1.165, 1.54) is 0 Å². The van der Waals surface area contributed by atoms with Crippen LogP contribution >= 0.6 is 23.4 Å². The molecule has 3 heterocycles. The molecule has 26 heavy (non-hydrogen) atoms. The molecule has 0 unspecified atom stereocenters. The largest absolute Gasteiger partial charge is 0.304 e. The van der Waals surface area contributed by atoms with Crippen LogP contribution in [0.2, 0.25) is 5.02 Å². The molecule has 1 aromatic carbocycles. The standard InChI is InChI=1S/C19H22ClN5S/c1-23-8-10-24(11-9-23)12-13-26-19-21-6-4-18(22-19)25-7-5-15-14-16(20)2-3-17(15)25/h2-7,14H,8-13H2,1H3. The Morgan fingerprint density at radius 3 is 2.81 bits per heavy atom. The van der Waals surface area contributed by atoms with Crippen molar-refractivity contribution >= 4 is 34.3 Å². The number of likely N-dealkylation sites (N-methyl/N-ethyl adjacent to an activating group) is 1. The number of rotatable bonds is 5. The van der Waals surface area contributed by atoms with Crippen LogP contribution in [0.15, 0.2) is 47.9 Å². The van der Waals surface area contributed by atoms with Gasteiger partial charge in [0.25, 0.3) is 0 Å².